The highest BCUT2D eigenvalue weighted by Crippen LogP contribution is 2.41. The monoisotopic (exact) mass is 324 g/mol. The summed E-state index contributed by atoms with van der Waals surface area (Å²) < 4.78 is 10.5. The van der Waals surface area contributed by atoms with E-state index in [4.69, 9.17) is 9.26 Å². The van der Waals surface area contributed by atoms with Crippen molar-refractivity contribution >= 4 is 23.5 Å². The maximum Gasteiger partial charge on any atom is 0.258 e. The average Bonchev–Trinajstić information content (AvgIpc) is 2.98. The van der Waals surface area contributed by atoms with Gasteiger partial charge in [-0.3, -0.25) is 0 Å². The first-order chi connectivity index (χ1) is 10.2. The van der Waals surface area contributed by atoms with E-state index in [1.807, 2.05) is 23.5 Å². The molecule has 0 amide bonds. The number of benzene rings is 1. The summed E-state index contributed by atoms with van der Waals surface area (Å²) in [5.41, 5.74) is 0.740. The Bertz CT molecular complexity index is 632. The maximum atomic E-state index is 9.63. The van der Waals surface area contributed by atoms with Crippen LogP contribution in [-0.4, -0.2) is 39.1 Å². The predicted molar refractivity (Wildman–Crippen MR) is 85.1 cm³/mol. The third kappa shape index (κ3) is 2.98. The van der Waals surface area contributed by atoms with E-state index in [1.54, 1.807) is 18.2 Å². The molecule has 2 heterocycles. The average molecular weight is 324 g/mol. The van der Waals surface area contributed by atoms with Gasteiger partial charge in [0.1, 0.15) is 0 Å². The van der Waals surface area contributed by atoms with E-state index in [-0.39, 0.29) is 11.0 Å². The second kappa shape index (κ2) is 6.19. The minimum Gasteiger partial charge on any atom is -0.504 e. The fraction of sp³-hybridized carbons (Fsp3) is 0.429. The maximum absolute atomic E-state index is 9.63. The molecule has 0 saturated carbocycles. The number of thioether (sulfide) groups is 2. The lowest BCUT2D eigenvalue weighted by molar-refractivity contribution is 0.373. The number of phenolic OH excluding ortho intramolecular Hbond substituents is 1. The van der Waals surface area contributed by atoms with Crippen LogP contribution < -0.4 is 4.74 Å². The lowest BCUT2D eigenvalue weighted by atomic mass is 10.2. The second-order valence-corrected chi connectivity index (χ2v) is 7.45. The van der Waals surface area contributed by atoms with Gasteiger partial charge in [0.05, 0.1) is 12.4 Å². The van der Waals surface area contributed by atoms with E-state index in [1.165, 1.54) is 12.9 Å². The van der Waals surface area contributed by atoms with Gasteiger partial charge in [0.2, 0.25) is 0 Å². The molecule has 21 heavy (non-hydrogen) atoms. The van der Waals surface area contributed by atoms with Crippen LogP contribution in [0.25, 0.3) is 11.5 Å². The summed E-state index contributed by atoms with van der Waals surface area (Å²) >= 11 is 3.81. The third-order valence-electron chi connectivity index (χ3n) is 3.31. The van der Waals surface area contributed by atoms with Crippen LogP contribution in [0.3, 0.4) is 0 Å². The van der Waals surface area contributed by atoms with Gasteiger partial charge in [-0.15, -0.1) is 11.8 Å². The molecule has 1 aromatic carbocycles. The molecule has 0 bridgehead atoms. The molecule has 0 radical (unpaired) electrons. The Kier molecular flexibility index (Phi) is 4.30. The van der Waals surface area contributed by atoms with Crippen molar-refractivity contribution in [2.45, 2.75) is 17.4 Å². The van der Waals surface area contributed by atoms with Crippen LogP contribution in [0.1, 0.15) is 18.0 Å². The minimum absolute atomic E-state index is 0.0915. The first-order valence-electron chi connectivity index (χ1n) is 6.63. The van der Waals surface area contributed by atoms with Crippen molar-refractivity contribution in [3.05, 3.63) is 24.0 Å². The Morgan fingerprint density at radius 3 is 2.90 bits per heavy atom. The smallest absolute Gasteiger partial charge is 0.258 e. The molecule has 1 saturated heterocycles. The van der Waals surface area contributed by atoms with Crippen LogP contribution in [0.4, 0.5) is 0 Å². The van der Waals surface area contributed by atoms with E-state index < -0.39 is 0 Å². The molecule has 2 aromatic rings. The summed E-state index contributed by atoms with van der Waals surface area (Å²) in [5, 5.41) is 14.5. The van der Waals surface area contributed by atoms with Crippen molar-refractivity contribution in [1.29, 1.82) is 0 Å². The van der Waals surface area contributed by atoms with Gasteiger partial charge < -0.3 is 14.4 Å². The van der Waals surface area contributed by atoms with Crippen molar-refractivity contribution in [3.63, 3.8) is 0 Å². The number of aromatic hydroxyl groups is 1. The Hall–Kier alpha value is -1.34. The molecule has 7 heteroatoms. The molecule has 3 rings (SSSR count). The molecule has 2 atom stereocenters. The number of nitrogens with zero attached hydrogens (tertiary/aromatic N) is 2. The standard InChI is InChI=1S/C14H16N2O3S2/c1-8-12(21-6-5-20-8)13-15-14(19-16-13)9-3-4-10(17)11(7-9)18-2/h3-4,7-8,12,17H,5-6H2,1-2H3. The van der Waals surface area contributed by atoms with Gasteiger partial charge in [0.25, 0.3) is 5.89 Å². The zero-order valence-electron chi connectivity index (χ0n) is 11.8. The summed E-state index contributed by atoms with van der Waals surface area (Å²) in [7, 11) is 1.51. The quantitative estimate of drug-likeness (QED) is 0.928. The highest BCUT2D eigenvalue weighted by atomic mass is 32.2. The zero-order chi connectivity index (χ0) is 14.8. The molecule has 5 nitrogen and oxygen atoms in total. The molecule has 1 aliphatic heterocycles. The Balaban J connectivity index is 1.87. The van der Waals surface area contributed by atoms with Gasteiger partial charge >= 0.3 is 0 Å². The first-order valence-corrected chi connectivity index (χ1v) is 8.73. The fourth-order valence-electron chi connectivity index (χ4n) is 2.19. The van der Waals surface area contributed by atoms with Crippen LogP contribution in [0, 0.1) is 0 Å². The van der Waals surface area contributed by atoms with Crippen LogP contribution >= 0.6 is 23.5 Å². The van der Waals surface area contributed by atoms with E-state index in [0.29, 0.717) is 16.9 Å². The second-order valence-electron chi connectivity index (χ2n) is 4.71. The number of hydrogen-bond donors (Lipinski definition) is 1. The largest absolute Gasteiger partial charge is 0.504 e. The van der Waals surface area contributed by atoms with Crippen molar-refractivity contribution in [2.75, 3.05) is 18.6 Å². The van der Waals surface area contributed by atoms with E-state index in [2.05, 4.69) is 17.1 Å². The highest BCUT2D eigenvalue weighted by Gasteiger charge is 2.28. The predicted octanol–water partition coefficient (Wildman–Crippen LogP) is 3.36. The highest BCUT2D eigenvalue weighted by molar-refractivity contribution is 8.06. The molecular weight excluding hydrogens is 308 g/mol. The summed E-state index contributed by atoms with van der Waals surface area (Å²) in [6.45, 7) is 2.20. The third-order valence-corrected chi connectivity index (χ3v) is 6.40. The Morgan fingerprint density at radius 1 is 1.33 bits per heavy atom. The van der Waals surface area contributed by atoms with Crippen molar-refractivity contribution < 1.29 is 14.4 Å². The molecule has 0 aliphatic carbocycles. The summed E-state index contributed by atoms with van der Waals surface area (Å²) in [4.78, 5) is 4.51. The molecule has 2 unspecified atom stereocenters. The summed E-state index contributed by atoms with van der Waals surface area (Å²) in [6, 6.07) is 4.99. The van der Waals surface area contributed by atoms with Gasteiger partial charge in [-0.1, -0.05) is 12.1 Å². The van der Waals surface area contributed by atoms with Crippen molar-refractivity contribution in [3.8, 4) is 23.0 Å². The number of rotatable bonds is 3. The summed E-state index contributed by atoms with van der Waals surface area (Å²) in [6.07, 6.45) is 0. The van der Waals surface area contributed by atoms with E-state index >= 15 is 0 Å². The van der Waals surface area contributed by atoms with Gasteiger partial charge in [-0.25, -0.2) is 0 Å². The fourth-order valence-corrected chi connectivity index (χ4v) is 4.87. The van der Waals surface area contributed by atoms with Crippen LogP contribution in [0.5, 0.6) is 11.5 Å². The SMILES string of the molecule is COc1cc(-c2nc(C3SCCSC3C)no2)ccc1O. The lowest BCUT2D eigenvalue weighted by Crippen LogP contribution is -2.16. The van der Waals surface area contributed by atoms with Crippen LogP contribution in [-0.2, 0) is 0 Å². The normalized spacial score (nSPS) is 22.2. The number of methoxy groups -OCH3 is 1. The van der Waals surface area contributed by atoms with Crippen LogP contribution in [0.2, 0.25) is 0 Å². The number of ether oxygens (including phenoxy) is 1. The van der Waals surface area contributed by atoms with Gasteiger partial charge in [0, 0.05) is 22.3 Å². The van der Waals surface area contributed by atoms with Gasteiger partial charge in [-0.05, 0) is 18.2 Å². The molecule has 1 aliphatic rings. The Labute approximate surface area is 131 Å². The Morgan fingerprint density at radius 2 is 2.14 bits per heavy atom. The number of aromatic nitrogens is 2. The summed E-state index contributed by atoms with van der Waals surface area (Å²) in [5.74, 6) is 3.95. The van der Waals surface area contributed by atoms with Crippen molar-refractivity contribution in [2.24, 2.45) is 0 Å². The molecule has 0 spiro atoms. The molecular formula is C14H16N2O3S2. The lowest BCUT2D eigenvalue weighted by Gasteiger charge is -2.24. The molecule has 1 fully saturated rings. The van der Waals surface area contributed by atoms with E-state index in [9.17, 15) is 5.11 Å². The topological polar surface area (TPSA) is 68.4 Å². The first kappa shape index (κ1) is 14.6. The van der Waals surface area contributed by atoms with Gasteiger partial charge in [0.15, 0.2) is 17.3 Å². The zero-order valence-corrected chi connectivity index (χ0v) is 13.4. The van der Waals surface area contributed by atoms with Gasteiger partial charge in [-0.2, -0.15) is 16.7 Å². The number of phenols is 1. The number of hydrogen-bond acceptors (Lipinski definition) is 7. The minimum atomic E-state index is 0.0915. The van der Waals surface area contributed by atoms with E-state index in [0.717, 1.165) is 17.1 Å². The molecule has 112 valence electrons. The van der Waals surface area contributed by atoms with Crippen molar-refractivity contribution in [1.82, 2.24) is 10.1 Å². The molecule has 1 N–H and O–H groups in total. The molecule has 1 aromatic heterocycles. The van der Waals surface area contributed by atoms with Crippen LogP contribution in [0.15, 0.2) is 22.7 Å².